The third kappa shape index (κ3) is 15.6. The lowest BCUT2D eigenvalue weighted by molar-refractivity contribution is -0.142. The molecule has 0 rings (SSSR count). The van der Waals surface area contributed by atoms with E-state index in [1.807, 2.05) is 13.8 Å². The topological polar surface area (TPSA) is 276 Å². The first-order chi connectivity index (χ1) is 17.8. The van der Waals surface area contributed by atoms with Gasteiger partial charge in [0.2, 0.25) is 17.7 Å². The van der Waals surface area contributed by atoms with Gasteiger partial charge in [0, 0.05) is 13.0 Å². The minimum Gasteiger partial charge on any atom is -0.481 e. The van der Waals surface area contributed by atoms with Crippen molar-refractivity contribution >= 4 is 35.6 Å². The number of aliphatic carboxylic acids is 2. The lowest BCUT2D eigenvalue weighted by Gasteiger charge is -2.26. The number of amides is 3. The van der Waals surface area contributed by atoms with E-state index in [0.29, 0.717) is 25.8 Å². The van der Waals surface area contributed by atoms with Gasteiger partial charge in [-0.1, -0.05) is 13.8 Å². The van der Waals surface area contributed by atoms with E-state index in [4.69, 9.17) is 27.7 Å². The Kier molecular flexibility index (Phi) is 17.0. The minimum absolute atomic E-state index is 0.0381. The van der Waals surface area contributed by atoms with Gasteiger partial charge in [-0.25, -0.2) is 4.79 Å². The summed E-state index contributed by atoms with van der Waals surface area (Å²) in [6.45, 7) is 4.29. The second kappa shape index (κ2) is 18.7. The van der Waals surface area contributed by atoms with E-state index < -0.39 is 53.8 Å². The molecule has 0 aliphatic carbocycles. The molecule has 38 heavy (non-hydrogen) atoms. The summed E-state index contributed by atoms with van der Waals surface area (Å²) < 4.78 is 0. The zero-order chi connectivity index (χ0) is 29.3. The minimum atomic E-state index is -1.21. The predicted octanol–water partition coefficient (Wildman–Crippen LogP) is -1.84. The number of carboxylic acids is 2. The molecule has 3 amide bonds. The number of carboxylic acid groups (broad SMARTS) is 2. The van der Waals surface area contributed by atoms with Crippen molar-refractivity contribution in [2.75, 3.05) is 13.1 Å². The van der Waals surface area contributed by atoms with Crippen LogP contribution in [0, 0.1) is 11.3 Å². The number of nitrogens with one attached hydrogen (secondary N) is 5. The van der Waals surface area contributed by atoms with Crippen LogP contribution in [-0.4, -0.2) is 83.1 Å². The SMILES string of the molecule is CC(C)C[C@H](NC(=O)[C@H](CCCNC(=N)N)NC(=O)[C@@H](N)CCC(=O)O)C(=O)N[C@@H](CCCCN)C(=O)O. The second-order valence-electron chi connectivity index (χ2n) is 9.46. The van der Waals surface area contributed by atoms with Crippen LogP contribution in [0.15, 0.2) is 0 Å². The normalized spacial score (nSPS) is 14.0. The highest BCUT2D eigenvalue weighted by atomic mass is 16.4. The number of rotatable bonds is 20. The van der Waals surface area contributed by atoms with E-state index in [0.717, 1.165) is 0 Å². The smallest absolute Gasteiger partial charge is 0.326 e. The summed E-state index contributed by atoms with van der Waals surface area (Å²) >= 11 is 0. The molecule has 0 spiro atoms. The van der Waals surface area contributed by atoms with E-state index in [2.05, 4.69) is 21.3 Å². The highest BCUT2D eigenvalue weighted by molar-refractivity contribution is 5.94. The number of hydrogen-bond acceptors (Lipinski definition) is 8. The molecule has 13 N–H and O–H groups in total. The fraction of sp³-hybridized carbons (Fsp3) is 0.739. The molecule has 0 bridgehead atoms. The Morgan fingerprint density at radius 3 is 1.89 bits per heavy atom. The molecule has 0 aromatic rings. The summed E-state index contributed by atoms with van der Waals surface area (Å²) in [6.07, 6.45) is 1.41. The standard InChI is InChI=1S/C23H44N8O7/c1-13(2)12-17(21(36)30-16(22(37)38)6-3-4-10-24)31-20(35)15(7-5-11-28-23(26)27)29-19(34)14(25)8-9-18(32)33/h13-17H,3-12,24-25H2,1-2H3,(H,29,34)(H,30,36)(H,31,35)(H,32,33)(H,37,38)(H4,26,27,28)/t14-,15-,16-,17-/m0/s1. The van der Waals surface area contributed by atoms with Crippen molar-refractivity contribution < 1.29 is 34.2 Å². The van der Waals surface area contributed by atoms with Crippen molar-refractivity contribution in [1.29, 1.82) is 5.41 Å². The molecular weight excluding hydrogens is 500 g/mol. The van der Waals surface area contributed by atoms with Gasteiger partial charge in [0.25, 0.3) is 0 Å². The van der Waals surface area contributed by atoms with Gasteiger partial charge in [-0.05, 0) is 57.4 Å². The molecular formula is C23H44N8O7. The number of carbonyl (C=O) groups is 5. The third-order valence-electron chi connectivity index (χ3n) is 5.53. The molecule has 0 saturated carbocycles. The molecule has 0 fully saturated rings. The first-order valence-electron chi connectivity index (χ1n) is 12.7. The fourth-order valence-corrected chi connectivity index (χ4v) is 3.48. The van der Waals surface area contributed by atoms with E-state index >= 15 is 0 Å². The molecule has 0 aliphatic heterocycles. The van der Waals surface area contributed by atoms with Crippen molar-refractivity contribution in [3.63, 3.8) is 0 Å². The van der Waals surface area contributed by atoms with Gasteiger partial charge in [-0.15, -0.1) is 0 Å². The Morgan fingerprint density at radius 2 is 1.37 bits per heavy atom. The van der Waals surface area contributed by atoms with Crippen molar-refractivity contribution in [2.24, 2.45) is 23.1 Å². The highest BCUT2D eigenvalue weighted by Crippen LogP contribution is 2.09. The number of unbranched alkanes of at least 4 members (excludes halogenated alkanes) is 1. The molecule has 4 atom stereocenters. The van der Waals surface area contributed by atoms with Gasteiger partial charge in [-0.3, -0.25) is 24.6 Å². The maximum Gasteiger partial charge on any atom is 0.326 e. The Bertz CT molecular complexity index is 809. The maximum absolute atomic E-state index is 13.2. The molecule has 0 aliphatic rings. The van der Waals surface area contributed by atoms with Gasteiger partial charge in [0.05, 0.1) is 6.04 Å². The summed E-state index contributed by atoms with van der Waals surface area (Å²) in [6, 6.07) is -4.53. The van der Waals surface area contributed by atoms with Gasteiger partial charge >= 0.3 is 11.9 Å². The first kappa shape index (κ1) is 34.5. The van der Waals surface area contributed by atoms with E-state index in [1.165, 1.54) is 0 Å². The van der Waals surface area contributed by atoms with Crippen LogP contribution < -0.4 is 38.5 Å². The van der Waals surface area contributed by atoms with Crippen molar-refractivity contribution in [3.8, 4) is 0 Å². The molecule has 0 heterocycles. The van der Waals surface area contributed by atoms with Gasteiger partial charge < -0.3 is 48.7 Å². The summed E-state index contributed by atoms with van der Waals surface area (Å²) in [4.78, 5) is 61.1. The Balaban J connectivity index is 5.55. The lowest BCUT2D eigenvalue weighted by Crippen LogP contribution is -2.57. The van der Waals surface area contributed by atoms with Crippen LogP contribution in [0.4, 0.5) is 0 Å². The summed E-state index contributed by atoms with van der Waals surface area (Å²) in [5.41, 5.74) is 16.5. The molecule has 0 unspecified atom stereocenters. The fourth-order valence-electron chi connectivity index (χ4n) is 3.48. The quantitative estimate of drug-likeness (QED) is 0.0461. The average Bonchev–Trinajstić information content (AvgIpc) is 2.82. The largest absolute Gasteiger partial charge is 0.481 e. The Hall–Kier alpha value is -3.46. The zero-order valence-electron chi connectivity index (χ0n) is 22.1. The van der Waals surface area contributed by atoms with E-state index in [1.54, 1.807) is 0 Å². The molecule has 0 aromatic carbocycles. The number of hydrogen-bond donors (Lipinski definition) is 10. The number of guanidine groups is 1. The molecule has 0 saturated heterocycles. The van der Waals surface area contributed by atoms with Crippen molar-refractivity contribution in [2.45, 2.75) is 89.4 Å². The summed E-state index contributed by atoms with van der Waals surface area (Å²) in [7, 11) is 0. The van der Waals surface area contributed by atoms with Gasteiger partial charge in [-0.2, -0.15) is 0 Å². The summed E-state index contributed by atoms with van der Waals surface area (Å²) in [5, 5.41) is 35.7. The molecule has 15 heteroatoms. The van der Waals surface area contributed by atoms with Crippen LogP contribution in [0.2, 0.25) is 0 Å². The number of nitrogens with two attached hydrogens (primary N) is 3. The van der Waals surface area contributed by atoms with Crippen LogP contribution in [0.1, 0.15) is 65.2 Å². The van der Waals surface area contributed by atoms with E-state index in [9.17, 15) is 29.1 Å². The van der Waals surface area contributed by atoms with Crippen LogP contribution in [0.25, 0.3) is 0 Å². The number of carbonyl (C=O) groups excluding carboxylic acids is 3. The molecule has 218 valence electrons. The zero-order valence-corrected chi connectivity index (χ0v) is 22.1. The monoisotopic (exact) mass is 544 g/mol. The third-order valence-corrected chi connectivity index (χ3v) is 5.53. The van der Waals surface area contributed by atoms with Crippen LogP contribution in [0.5, 0.6) is 0 Å². The van der Waals surface area contributed by atoms with Crippen LogP contribution in [0.3, 0.4) is 0 Å². The van der Waals surface area contributed by atoms with Gasteiger partial charge in [0.15, 0.2) is 5.96 Å². The molecule has 0 aromatic heterocycles. The predicted molar refractivity (Wildman–Crippen MR) is 140 cm³/mol. The summed E-state index contributed by atoms with van der Waals surface area (Å²) in [5.74, 6) is -4.73. The van der Waals surface area contributed by atoms with Crippen LogP contribution >= 0.6 is 0 Å². The van der Waals surface area contributed by atoms with Crippen molar-refractivity contribution in [1.82, 2.24) is 21.3 Å². The highest BCUT2D eigenvalue weighted by Gasteiger charge is 2.30. The van der Waals surface area contributed by atoms with Crippen LogP contribution in [-0.2, 0) is 24.0 Å². The first-order valence-corrected chi connectivity index (χ1v) is 12.7. The average molecular weight is 545 g/mol. The second-order valence-corrected chi connectivity index (χ2v) is 9.46. The molecule has 0 radical (unpaired) electrons. The Labute approximate surface area is 222 Å². The lowest BCUT2D eigenvalue weighted by atomic mass is 10.0. The Morgan fingerprint density at radius 1 is 0.816 bits per heavy atom. The van der Waals surface area contributed by atoms with Gasteiger partial charge in [0.1, 0.15) is 18.1 Å². The van der Waals surface area contributed by atoms with E-state index in [-0.39, 0.29) is 50.5 Å². The van der Waals surface area contributed by atoms with Crippen molar-refractivity contribution in [3.05, 3.63) is 0 Å². The maximum atomic E-state index is 13.2. The molecule has 15 nitrogen and oxygen atoms in total.